The molecule has 2 aliphatic rings. The van der Waals surface area contributed by atoms with Gasteiger partial charge in [-0.25, -0.2) is 4.79 Å². The highest BCUT2D eigenvalue weighted by Gasteiger charge is 2.32. The fourth-order valence-electron chi connectivity index (χ4n) is 2.01. The summed E-state index contributed by atoms with van der Waals surface area (Å²) in [6, 6.07) is 1.18. The Balaban J connectivity index is 1.93. The summed E-state index contributed by atoms with van der Waals surface area (Å²) in [6.07, 6.45) is 2.31. The van der Waals surface area contributed by atoms with Crippen LogP contribution in [0.5, 0.6) is 0 Å². The molecule has 2 rings (SSSR count). The highest BCUT2D eigenvalue weighted by Crippen LogP contribution is 2.20. The zero-order valence-corrected chi connectivity index (χ0v) is 8.92. The minimum atomic E-state index is 0.119. The number of carbonyl (C=O) groups excluding carboxylic acids is 1. The lowest BCUT2D eigenvalue weighted by Gasteiger charge is -2.39. The van der Waals surface area contributed by atoms with Gasteiger partial charge in [-0.3, -0.25) is 0 Å². The van der Waals surface area contributed by atoms with Crippen LogP contribution in [0.25, 0.3) is 0 Å². The van der Waals surface area contributed by atoms with E-state index in [1.54, 1.807) is 0 Å². The second-order valence-corrected chi connectivity index (χ2v) is 4.49. The largest absolute Gasteiger partial charge is 0.335 e. The number of nitrogens with zero attached hydrogens (tertiary/aromatic N) is 1. The van der Waals surface area contributed by atoms with Gasteiger partial charge in [0.25, 0.3) is 0 Å². The first-order valence-electron chi connectivity index (χ1n) is 5.48. The molecular weight excluding hydrogens is 178 g/mol. The highest BCUT2D eigenvalue weighted by molar-refractivity contribution is 5.75. The Morgan fingerprint density at radius 3 is 2.36 bits per heavy atom. The summed E-state index contributed by atoms with van der Waals surface area (Å²) in [5, 5.41) is 6.36. The molecule has 0 aromatic heterocycles. The summed E-state index contributed by atoms with van der Waals surface area (Å²) in [5.74, 6) is 0. The molecule has 2 amide bonds. The lowest BCUT2D eigenvalue weighted by molar-refractivity contribution is 0.132. The van der Waals surface area contributed by atoms with E-state index in [0.717, 1.165) is 25.9 Å². The Kier molecular flexibility index (Phi) is 2.63. The average Bonchev–Trinajstić information content (AvgIpc) is 2.87. The summed E-state index contributed by atoms with van der Waals surface area (Å²) in [6.45, 7) is 6.00. The molecule has 0 bridgehead atoms. The summed E-state index contributed by atoms with van der Waals surface area (Å²) >= 11 is 0. The van der Waals surface area contributed by atoms with E-state index in [9.17, 15) is 4.79 Å². The molecule has 2 atom stereocenters. The van der Waals surface area contributed by atoms with E-state index in [1.807, 2.05) is 4.90 Å². The third kappa shape index (κ3) is 2.00. The van der Waals surface area contributed by atoms with Crippen molar-refractivity contribution in [3.63, 3.8) is 0 Å². The van der Waals surface area contributed by atoms with Crippen molar-refractivity contribution in [3.05, 3.63) is 0 Å². The van der Waals surface area contributed by atoms with Crippen LogP contribution < -0.4 is 10.6 Å². The molecule has 0 radical (unpaired) electrons. The van der Waals surface area contributed by atoms with Crippen LogP contribution in [0, 0.1) is 0 Å². The standard InChI is InChI=1S/C10H19N3O/c1-7-5-11-6-8(2)13(7)10(14)12-9-3-4-9/h7-9,11H,3-6H2,1-2H3,(H,12,14). The molecule has 1 saturated carbocycles. The van der Waals surface area contributed by atoms with Gasteiger partial charge in [-0.05, 0) is 26.7 Å². The third-order valence-electron chi connectivity index (χ3n) is 2.97. The van der Waals surface area contributed by atoms with E-state index < -0.39 is 0 Å². The lowest BCUT2D eigenvalue weighted by Crippen LogP contribution is -2.59. The molecule has 2 unspecified atom stereocenters. The first-order chi connectivity index (χ1) is 6.68. The van der Waals surface area contributed by atoms with Crippen LogP contribution in [-0.4, -0.2) is 42.1 Å². The highest BCUT2D eigenvalue weighted by atomic mass is 16.2. The van der Waals surface area contributed by atoms with Gasteiger partial charge in [-0.15, -0.1) is 0 Å². The van der Waals surface area contributed by atoms with Gasteiger partial charge in [0.1, 0.15) is 0 Å². The van der Waals surface area contributed by atoms with Gasteiger partial charge in [0.05, 0.1) is 0 Å². The summed E-state index contributed by atoms with van der Waals surface area (Å²) in [7, 11) is 0. The molecule has 80 valence electrons. The van der Waals surface area contributed by atoms with Gasteiger partial charge >= 0.3 is 6.03 Å². The fourth-order valence-corrected chi connectivity index (χ4v) is 2.01. The quantitative estimate of drug-likeness (QED) is 0.644. The second kappa shape index (κ2) is 3.77. The molecule has 2 fully saturated rings. The second-order valence-electron chi connectivity index (χ2n) is 4.49. The van der Waals surface area contributed by atoms with Crippen LogP contribution in [0.4, 0.5) is 4.79 Å². The van der Waals surface area contributed by atoms with Crippen molar-refractivity contribution < 1.29 is 4.79 Å². The first kappa shape index (κ1) is 9.77. The van der Waals surface area contributed by atoms with E-state index in [4.69, 9.17) is 0 Å². The number of hydrogen-bond acceptors (Lipinski definition) is 2. The Labute approximate surface area is 85.0 Å². The maximum absolute atomic E-state index is 11.9. The summed E-state index contributed by atoms with van der Waals surface area (Å²) < 4.78 is 0. The van der Waals surface area contributed by atoms with Crippen molar-refractivity contribution in [2.75, 3.05) is 13.1 Å². The minimum absolute atomic E-state index is 0.119. The van der Waals surface area contributed by atoms with Gasteiger partial charge in [-0.1, -0.05) is 0 Å². The van der Waals surface area contributed by atoms with Crippen molar-refractivity contribution in [3.8, 4) is 0 Å². The molecule has 2 N–H and O–H groups in total. The number of urea groups is 1. The molecule has 1 aliphatic carbocycles. The Morgan fingerprint density at radius 2 is 1.86 bits per heavy atom. The smallest absolute Gasteiger partial charge is 0.318 e. The Hall–Kier alpha value is -0.770. The molecule has 0 aromatic rings. The number of carbonyl (C=O) groups is 1. The lowest BCUT2D eigenvalue weighted by atomic mass is 10.1. The van der Waals surface area contributed by atoms with E-state index in [2.05, 4.69) is 24.5 Å². The van der Waals surface area contributed by atoms with E-state index >= 15 is 0 Å². The average molecular weight is 197 g/mol. The molecule has 1 aliphatic heterocycles. The number of piperazine rings is 1. The summed E-state index contributed by atoms with van der Waals surface area (Å²) in [4.78, 5) is 13.8. The maximum atomic E-state index is 11.9. The molecule has 0 aromatic carbocycles. The number of hydrogen-bond donors (Lipinski definition) is 2. The van der Waals surface area contributed by atoms with Crippen LogP contribution in [-0.2, 0) is 0 Å². The molecule has 1 heterocycles. The first-order valence-corrected chi connectivity index (χ1v) is 5.48. The van der Waals surface area contributed by atoms with Crippen LogP contribution in [0.1, 0.15) is 26.7 Å². The van der Waals surface area contributed by atoms with Crippen LogP contribution in [0.2, 0.25) is 0 Å². The SMILES string of the molecule is CC1CNCC(C)N1C(=O)NC1CC1. The Morgan fingerprint density at radius 1 is 1.29 bits per heavy atom. The van der Waals surface area contributed by atoms with E-state index in [0.29, 0.717) is 18.1 Å². The van der Waals surface area contributed by atoms with Crippen LogP contribution >= 0.6 is 0 Å². The monoisotopic (exact) mass is 197 g/mol. The number of nitrogens with one attached hydrogen (secondary N) is 2. The normalized spacial score (nSPS) is 32.9. The minimum Gasteiger partial charge on any atom is -0.335 e. The predicted molar refractivity (Wildman–Crippen MR) is 55.2 cm³/mol. The van der Waals surface area contributed by atoms with E-state index in [-0.39, 0.29) is 6.03 Å². The van der Waals surface area contributed by atoms with Gasteiger partial charge in [0, 0.05) is 31.2 Å². The van der Waals surface area contributed by atoms with Crippen molar-refractivity contribution >= 4 is 6.03 Å². The topological polar surface area (TPSA) is 44.4 Å². The van der Waals surface area contributed by atoms with Gasteiger partial charge < -0.3 is 15.5 Å². The molecule has 1 saturated heterocycles. The molecule has 0 spiro atoms. The molecule has 14 heavy (non-hydrogen) atoms. The van der Waals surface area contributed by atoms with Gasteiger partial charge in [0.2, 0.25) is 0 Å². The van der Waals surface area contributed by atoms with Crippen molar-refractivity contribution in [2.45, 2.75) is 44.8 Å². The Bertz CT molecular complexity index is 217. The fraction of sp³-hybridized carbons (Fsp3) is 0.900. The summed E-state index contributed by atoms with van der Waals surface area (Å²) in [5.41, 5.74) is 0. The maximum Gasteiger partial charge on any atom is 0.318 e. The van der Waals surface area contributed by atoms with Crippen LogP contribution in [0.15, 0.2) is 0 Å². The molecular formula is C10H19N3O. The van der Waals surface area contributed by atoms with Crippen LogP contribution in [0.3, 0.4) is 0 Å². The predicted octanol–water partition coefficient (Wildman–Crippen LogP) is 0.541. The van der Waals surface area contributed by atoms with Gasteiger partial charge in [-0.2, -0.15) is 0 Å². The molecule has 4 nitrogen and oxygen atoms in total. The zero-order chi connectivity index (χ0) is 10.1. The van der Waals surface area contributed by atoms with Crippen molar-refractivity contribution in [1.29, 1.82) is 0 Å². The number of amides is 2. The van der Waals surface area contributed by atoms with Crippen molar-refractivity contribution in [1.82, 2.24) is 15.5 Å². The number of rotatable bonds is 1. The zero-order valence-electron chi connectivity index (χ0n) is 8.92. The van der Waals surface area contributed by atoms with Crippen molar-refractivity contribution in [2.24, 2.45) is 0 Å². The van der Waals surface area contributed by atoms with E-state index in [1.165, 1.54) is 0 Å². The third-order valence-corrected chi connectivity index (χ3v) is 2.97. The van der Waals surface area contributed by atoms with Gasteiger partial charge in [0.15, 0.2) is 0 Å². The molecule has 4 heteroatoms.